The monoisotopic (exact) mass is 315 g/mol. The molecule has 0 saturated heterocycles. The number of aliphatic hydroxyl groups excluding tert-OH is 1. The first-order valence-corrected chi connectivity index (χ1v) is 8.00. The SMILES string of the molecule is Cc1c(C(=O)NCCc2ccc(CO)cc2)cnn1CC(C)C. The Morgan fingerprint density at radius 3 is 2.52 bits per heavy atom. The summed E-state index contributed by atoms with van der Waals surface area (Å²) in [5, 5.41) is 16.3. The molecule has 1 heterocycles. The summed E-state index contributed by atoms with van der Waals surface area (Å²) in [7, 11) is 0. The molecule has 0 aliphatic heterocycles. The molecule has 1 aromatic carbocycles. The molecule has 0 aliphatic rings. The van der Waals surface area contributed by atoms with E-state index < -0.39 is 0 Å². The quantitative estimate of drug-likeness (QED) is 0.824. The molecule has 0 unspecified atom stereocenters. The molecule has 0 radical (unpaired) electrons. The molecule has 5 nitrogen and oxygen atoms in total. The Bertz CT molecular complexity index is 645. The zero-order chi connectivity index (χ0) is 16.8. The first-order valence-electron chi connectivity index (χ1n) is 8.00. The van der Waals surface area contributed by atoms with Crippen LogP contribution in [0.2, 0.25) is 0 Å². The molecule has 1 amide bonds. The smallest absolute Gasteiger partial charge is 0.254 e. The highest BCUT2D eigenvalue weighted by Gasteiger charge is 2.14. The molecule has 0 spiro atoms. The number of benzene rings is 1. The Labute approximate surface area is 137 Å². The topological polar surface area (TPSA) is 67.2 Å². The van der Waals surface area contributed by atoms with E-state index in [0.717, 1.165) is 29.8 Å². The van der Waals surface area contributed by atoms with Crippen LogP contribution in [-0.2, 0) is 19.6 Å². The van der Waals surface area contributed by atoms with Crippen LogP contribution in [0, 0.1) is 12.8 Å². The lowest BCUT2D eigenvalue weighted by Gasteiger charge is -2.08. The van der Waals surface area contributed by atoms with E-state index >= 15 is 0 Å². The van der Waals surface area contributed by atoms with E-state index in [1.165, 1.54) is 0 Å². The van der Waals surface area contributed by atoms with Crippen LogP contribution in [0.1, 0.15) is 41.0 Å². The minimum atomic E-state index is -0.0792. The van der Waals surface area contributed by atoms with Gasteiger partial charge in [-0.1, -0.05) is 38.1 Å². The van der Waals surface area contributed by atoms with Crippen molar-refractivity contribution < 1.29 is 9.90 Å². The number of hydrogen-bond acceptors (Lipinski definition) is 3. The normalized spacial score (nSPS) is 11.0. The highest BCUT2D eigenvalue weighted by molar-refractivity contribution is 5.95. The third-order valence-electron chi connectivity index (χ3n) is 3.79. The zero-order valence-electron chi connectivity index (χ0n) is 14.0. The van der Waals surface area contributed by atoms with Crippen molar-refractivity contribution in [3.63, 3.8) is 0 Å². The number of rotatable bonds is 7. The molecule has 0 bridgehead atoms. The van der Waals surface area contributed by atoms with Gasteiger partial charge in [-0.3, -0.25) is 9.48 Å². The number of hydrogen-bond donors (Lipinski definition) is 2. The van der Waals surface area contributed by atoms with Gasteiger partial charge in [0.2, 0.25) is 0 Å². The van der Waals surface area contributed by atoms with Gasteiger partial charge in [-0.15, -0.1) is 0 Å². The second-order valence-electron chi connectivity index (χ2n) is 6.20. The maximum atomic E-state index is 12.3. The van der Waals surface area contributed by atoms with Gasteiger partial charge in [-0.2, -0.15) is 5.10 Å². The van der Waals surface area contributed by atoms with Gasteiger partial charge >= 0.3 is 0 Å². The lowest BCUT2D eigenvalue weighted by atomic mass is 10.1. The summed E-state index contributed by atoms with van der Waals surface area (Å²) in [5.74, 6) is 0.413. The van der Waals surface area contributed by atoms with Crippen LogP contribution < -0.4 is 5.32 Å². The van der Waals surface area contributed by atoms with E-state index in [0.29, 0.717) is 18.0 Å². The number of aliphatic hydroxyl groups is 1. The number of amides is 1. The number of carbonyl (C=O) groups excluding carboxylic acids is 1. The summed E-state index contributed by atoms with van der Waals surface area (Å²) in [6, 6.07) is 7.75. The van der Waals surface area contributed by atoms with Crippen LogP contribution in [0.5, 0.6) is 0 Å². The van der Waals surface area contributed by atoms with Crippen molar-refractivity contribution in [3.05, 3.63) is 52.8 Å². The Hall–Kier alpha value is -2.14. The summed E-state index contributed by atoms with van der Waals surface area (Å²) in [4.78, 5) is 12.3. The van der Waals surface area contributed by atoms with Gasteiger partial charge in [-0.25, -0.2) is 0 Å². The molecule has 5 heteroatoms. The number of nitrogens with one attached hydrogen (secondary N) is 1. The first kappa shape index (κ1) is 17.2. The fourth-order valence-electron chi connectivity index (χ4n) is 2.43. The second kappa shape index (κ2) is 7.92. The molecule has 0 fully saturated rings. The maximum Gasteiger partial charge on any atom is 0.254 e. The molecule has 2 aromatic rings. The average molecular weight is 315 g/mol. The van der Waals surface area contributed by atoms with E-state index in [1.807, 2.05) is 35.9 Å². The van der Waals surface area contributed by atoms with E-state index in [-0.39, 0.29) is 12.5 Å². The van der Waals surface area contributed by atoms with Gasteiger partial charge in [0.1, 0.15) is 0 Å². The molecule has 1 aromatic heterocycles. The van der Waals surface area contributed by atoms with E-state index in [9.17, 15) is 4.79 Å². The maximum absolute atomic E-state index is 12.3. The Kier molecular flexibility index (Phi) is 5.93. The molecular formula is C18H25N3O2. The second-order valence-corrected chi connectivity index (χ2v) is 6.20. The minimum Gasteiger partial charge on any atom is -0.392 e. The van der Waals surface area contributed by atoms with Gasteiger partial charge in [0.15, 0.2) is 0 Å². The zero-order valence-corrected chi connectivity index (χ0v) is 14.0. The van der Waals surface area contributed by atoms with E-state index in [1.54, 1.807) is 6.20 Å². The van der Waals surface area contributed by atoms with Crippen LogP contribution in [-0.4, -0.2) is 27.3 Å². The molecule has 0 atom stereocenters. The molecule has 124 valence electrons. The van der Waals surface area contributed by atoms with Gasteiger partial charge in [0, 0.05) is 18.8 Å². The van der Waals surface area contributed by atoms with Crippen molar-refractivity contribution in [3.8, 4) is 0 Å². The molecule has 2 N–H and O–H groups in total. The summed E-state index contributed by atoms with van der Waals surface area (Å²) < 4.78 is 1.88. The van der Waals surface area contributed by atoms with Crippen molar-refractivity contribution in [2.45, 2.75) is 40.3 Å². The van der Waals surface area contributed by atoms with Crippen LogP contribution in [0.4, 0.5) is 0 Å². The van der Waals surface area contributed by atoms with Crippen LogP contribution in [0.25, 0.3) is 0 Å². The molecule has 0 aliphatic carbocycles. The Morgan fingerprint density at radius 1 is 1.26 bits per heavy atom. The van der Waals surface area contributed by atoms with Crippen molar-refractivity contribution >= 4 is 5.91 Å². The molecular weight excluding hydrogens is 290 g/mol. The lowest BCUT2D eigenvalue weighted by Crippen LogP contribution is -2.26. The third kappa shape index (κ3) is 4.66. The molecule has 0 saturated carbocycles. The fraction of sp³-hybridized carbons (Fsp3) is 0.444. The first-order chi connectivity index (χ1) is 11.0. The predicted molar refractivity (Wildman–Crippen MR) is 90.2 cm³/mol. The average Bonchev–Trinajstić information content (AvgIpc) is 2.88. The van der Waals surface area contributed by atoms with Crippen molar-refractivity contribution in [1.82, 2.24) is 15.1 Å². The number of aromatic nitrogens is 2. The summed E-state index contributed by atoms with van der Waals surface area (Å²) in [5.41, 5.74) is 3.57. The highest BCUT2D eigenvalue weighted by Crippen LogP contribution is 2.10. The Balaban J connectivity index is 1.88. The third-order valence-corrected chi connectivity index (χ3v) is 3.79. The fourth-order valence-corrected chi connectivity index (χ4v) is 2.43. The minimum absolute atomic E-state index is 0.0522. The van der Waals surface area contributed by atoms with E-state index in [4.69, 9.17) is 5.11 Å². The van der Waals surface area contributed by atoms with Gasteiger partial charge in [0.05, 0.1) is 18.4 Å². The van der Waals surface area contributed by atoms with Crippen molar-refractivity contribution in [1.29, 1.82) is 0 Å². The number of nitrogens with zero attached hydrogens (tertiary/aromatic N) is 2. The molecule has 23 heavy (non-hydrogen) atoms. The standard InChI is InChI=1S/C18H25N3O2/c1-13(2)11-21-14(3)17(10-20-21)18(23)19-9-8-15-4-6-16(12-22)7-5-15/h4-7,10,13,22H,8-9,11-12H2,1-3H3,(H,19,23). The van der Waals surface area contributed by atoms with Gasteiger partial charge in [0.25, 0.3) is 5.91 Å². The van der Waals surface area contributed by atoms with Crippen LogP contribution in [0.3, 0.4) is 0 Å². The number of carbonyl (C=O) groups is 1. The largest absolute Gasteiger partial charge is 0.392 e. The van der Waals surface area contributed by atoms with E-state index in [2.05, 4.69) is 24.3 Å². The van der Waals surface area contributed by atoms with Crippen molar-refractivity contribution in [2.24, 2.45) is 5.92 Å². The molecule has 2 rings (SSSR count). The highest BCUT2D eigenvalue weighted by atomic mass is 16.3. The summed E-state index contributed by atoms with van der Waals surface area (Å²) in [6.45, 7) is 7.63. The Morgan fingerprint density at radius 2 is 1.91 bits per heavy atom. The van der Waals surface area contributed by atoms with Gasteiger partial charge < -0.3 is 10.4 Å². The van der Waals surface area contributed by atoms with Crippen LogP contribution in [0.15, 0.2) is 30.5 Å². The van der Waals surface area contributed by atoms with Crippen LogP contribution >= 0.6 is 0 Å². The lowest BCUT2D eigenvalue weighted by molar-refractivity contribution is 0.0953. The predicted octanol–water partition coefficient (Wildman–Crippen LogP) is 2.31. The van der Waals surface area contributed by atoms with Gasteiger partial charge in [-0.05, 0) is 30.4 Å². The summed E-state index contributed by atoms with van der Waals surface area (Å²) in [6.07, 6.45) is 2.40. The van der Waals surface area contributed by atoms with Crippen molar-refractivity contribution in [2.75, 3.05) is 6.54 Å². The summed E-state index contributed by atoms with van der Waals surface area (Å²) >= 11 is 0.